The van der Waals surface area contributed by atoms with E-state index >= 15 is 0 Å². The number of piperidine rings is 1. The van der Waals surface area contributed by atoms with Crippen LogP contribution in [0, 0.1) is 25.7 Å². The van der Waals surface area contributed by atoms with Gasteiger partial charge in [0.1, 0.15) is 0 Å². The molecule has 2 unspecified atom stereocenters. The molecule has 104 valence electrons. The molecule has 1 aliphatic heterocycles. The highest BCUT2D eigenvalue weighted by Crippen LogP contribution is 2.42. The van der Waals surface area contributed by atoms with E-state index in [1.807, 2.05) is 0 Å². The van der Waals surface area contributed by atoms with E-state index in [-0.39, 0.29) is 0 Å². The van der Waals surface area contributed by atoms with Gasteiger partial charge in [-0.15, -0.1) is 0 Å². The Morgan fingerprint density at radius 2 is 1.79 bits per heavy atom. The maximum atomic E-state index is 3.64. The predicted molar refractivity (Wildman–Crippen MR) is 81.6 cm³/mol. The van der Waals surface area contributed by atoms with Gasteiger partial charge in [-0.3, -0.25) is 0 Å². The largest absolute Gasteiger partial charge is 0.316 e. The van der Waals surface area contributed by atoms with Gasteiger partial charge in [-0.25, -0.2) is 0 Å². The fourth-order valence-electron chi connectivity index (χ4n) is 4.17. The monoisotopic (exact) mass is 257 g/mol. The molecule has 3 rings (SSSR count). The lowest BCUT2D eigenvalue weighted by Gasteiger charge is -2.36. The van der Waals surface area contributed by atoms with Crippen molar-refractivity contribution in [2.24, 2.45) is 11.8 Å². The first-order chi connectivity index (χ1) is 9.25. The minimum absolute atomic E-state index is 0.795. The van der Waals surface area contributed by atoms with Crippen LogP contribution in [0.15, 0.2) is 18.2 Å². The van der Waals surface area contributed by atoms with E-state index < -0.39 is 0 Å². The topological polar surface area (TPSA) is 12.0 Å². The quantitative estimate of drug-likeness (QED) is 0.838. The molecule has 1 nitrogen and oxygen atoms in total. The summed E-state index contributed by atoms with van der Waals surface area (Å²) in [5.74, 6) is 2.64. The van der Waals surface area contributed by atoms with Crippen LogP contribution in [0.1, 0.15) is 54.7 Å². The molecule has 2 fully saturated rings. The van der Waals surface area contributed by atoms with Crippen molar-refractivity contribution in [1.29, 1.82) is 0 Å². The van der Waals surface area contributed by atoms with Crippen molar-refractivity contribution in [2.45, 2.75) is 51.9 Å². The van der Waals surface area contributed by atoms with Gasteiger partial charge in [0.2, 0.25) is 0 Å². The molecule has 19 heavy (non-hydrogen) atoms. The molecular weight excluding hydrogens is 230 g/mol. The Hall–Kier alpha value is -0.820. The van der Waals surface area contributed by atoms with Gasteiger partial charge in [0.15, 0.2) is 0 Å². The van der Waals surface area contributed by atoms with Crippen LogP contribution in [0.5, 0.6) is 0 Å². The molecule has 1 aliphatic carbocycles. The van der Waals surface area contributed by atoms with Crippen molar-refractivity contribution in [1.82, 2.24) is 5.32 Å². The lowest BCUT2D eigenvalue weighted by molar-refractivity contribution is 0.231. The van der Waals surface area contributed by atoms with Gasteiger partial charge in [-0.05, 0) is 67.8 Å². The van der Waals surface area contributed by atoms with Crippen molar-refractivity contribution >= 4 is 0 Å². The Morgan fingerprint density at radius 1 is 1.00 bits per heavy atom. The molecular formula is C18H27N. The number of hydrogen-bond donors (Lipinski definition) is 1. The summed E-state index contributed by atoms with van der Waals surface area (Å²) in [5.41, 5.74) is 4.48. The zero-order chi connectivity index (χ0) is 13.2. The molecule has 1 heteroatoms. The van der Waals surface area contributed by atoms with Crippen molar-refractivity contribution < 1.29 is 0 Å². The molecule has 1 saturated heterocycles. The molecule has 1 aromatic carbocycles. The Morgan fingerprint density at radius 3 is 2.53 bits per heavy atom. The zero-order valence-corrected chi connectivity index (χ0v) is 12.4. The Bertz CT molecular complexity index is 431. The molecule has 0 bridgehead atoms. The summed E-state index contributed by atoms with van der Waals surface area (Å²) in [6, 6.07) is 7.16. The van der Waals surface area contributed by atoms with Gasteiger partial charge in [0.25, 0.3) is 0 Å². The molecule has 1 heterocycles. The molecule has 2 aliphatic rings. The number of nitrogens with one attached hydrogen (secondary N) is 1. The number of aryl methyl sites for hydroxylation is 2. The van der Waals surface area contributed by atoms with Crippen molar-refractivity contribution in [3.05, 3.63) is 34.9 Å². The molecule has 1 saturated carbocycles. The van der Waals surface area contributed by atoms with Gasteiger partial charge in [-0.2, -0.15) is 0 Å². The van der Waals surface area contributed by atoms with Gasteiger partial charge in [0, 0.05) is 0 Å². The maximum absolute atomic E-state index is 3.64. The maximum Gasteiger partial charge on any atom is -0.00120 e. The first kappa shape index (κ1) is 13.2. The van der Waals surface area contributed by atoms with E-state index in [9.17, 15) is 0 Å². The summed E-state index contributed by atoms with van der Waals surface area (Å²) >= 11 is 0. The summed E-state index contributed by atoms with van der Waals surface area (Å²) in [4.78, 5) is 0. The fourth-order valence-corrected chi connectivity index (χ4v) is 4.17. The molecule has 0 spiro atoms. The SMILES string of the molecule is Cc1ccc(C2CCNCC2C2CCCC2)cc1C. The molecule has 0 aromatic heterocycles. The number of benzene rings is 1. The van der Waals surface area contributed by atoms with E-state index in [1.54, 1.807) is 5.56 Å². The van der Waals surface area contributed by atoms with Crippen LogP contribution in [0.3, 0.4) is 0 Å². The molecule has 0 amide bonds. The minimum Gasteiger partial charge on any atom is -0.316 e. The van der Waals surface area contributed by atoms with E-state index in [4.69, 9.17) is 0 Å². The summed E-state index contributed by atoms with van der Waals surface area (Å²) in [6.07, 6.45) is 7.17. The second-order valence-electron chi connectivity index (χ2n) is 6.65. The molecule has 1 aromatic rings. The second-order valence-corrected chi connectivity index (χ2v) is 6.65. The van der Waals surface area contributed by atoms with Crippen LogP contribution >= 0.6 is 0 Å². The normalized spacial score (nSPS) is 28.7. The highest BCUT2D eigenvalue weighted by molar-refractivity contribution is 5.32. The van der Waals surface area contributed by atoms with Gasteiger partial charge < -0.3 is 5.32 Å². The van der Waals surface area contributed by atoms with Crippen LogP contribution < -0.4 is 5.32 Å². The third kappa shape index (κ3) is 2.72. The Kier molecular flexibility index (Phi) is 3.93. The average molecular weight is 257 g/mol. The summed E-state index contributed by atoms with van der Waals surface area (Å²) in [5, 5.41) is 3.64. The lowest BCUT2D eigenvalue weighted by Crippen LogP contribution is -2.38. The van der Waals surface area contributed by atoms with E-state index in [1.165, 1.54) is 56.3 Å². The standard InChI is InChI=1S/C18H27N/c1-13-7-8-16(11-14(13)2)17-9-10-19-12-18(17)15-5-3-4-6-15/h7-8,11,15,17-19H,3-6,9-10,12H2,1-2H3. The van der Waals surface area contributed by atoms with E-state index in [0.717, 1.165) is 17.8 Å². The fraction of sp³-hybridized carbons (Fsp3) is 0.667. The second kappa shape index (κ2) is 5.66. The summed E-state index contributed by atoms with van der Waals surface area (Å²) in [7, 11) is 0. The van der Waals surface area contributed by atoms with E-state index in [2.05, 4.69) is 37.4 Å². The van der Waals surface area contributed by atoms with Gasteiger partial charge >= 0.3 is 0 Å². The minimum atomic E-state index is 0.795. The first-order valence-electron chi connectivity index (χ1n) is 8.03. The highest BCUT2D eigenvalue weighted by atomic mass is 14.9. The van der Waals surface area contributed by atoms with Gasteiger partial charge in [0.05, 0.1) is 0 Å². The van der Waals surface area contributed by atoms with Gasteiger partial charge in [-0.1, -0.05) is 43.9 Å². The van der Waals surface area contributed by atoms with Crippen molar-refractivity contribution in [3.8, 4) is 0 Å². The number of rotatable bonds is 2. The summed E-state index contributed by atoms with van der Waals surface area (Å²) < 4.78 is 0. The van der Waals surface area contributed by atoms with Crippen LogP contribution in [0.4, 0.5) is 0 Å². The predicted octanol–water partition coefficient (Wildman–Crippen LogP) is 4.19. The Balaban J connectivity index is 1.84. The summed E-state index contributed by atoms with van der Waals surface area (Å²) in [6.45, 7) is 6.91. The third-order valence-corrected chi connectivity index (χ3v) is 5.49. The average Bonchev–Trinajstić information content (AvgIpc) is 2.96. The number of hydrogen-bond acceptors (Lipinski definition) is 1. The highest BCUT2D eigenvalue weighted by Gasteiger charge is 2.34. The van der Waals surface area contributed by atoms with Crippen LogP contribution in [-0.2, 0) is 0 Å². The smallest absolute Gasteiger partial charge is 0.00120 e. The van der Waals surface area contributed by atoms with Crippen LogP contribution in [0.25, 0.3) is 0 Å². The lowest BCUT2D eigenvalue weighted by atomic mass is 9.73. The first-order valence-corrected chi connectivity index (χ1v) is 8.03. The van der Waals surface area contributed by atoms with Crippen LogP contribution in [-0.4, -0.2) is 13.1 Å². The Labute approximate surface area is 117 Å². The van der Waals surface area contributed by atoms with E-state index in [0.29, 0.717) is 0 Å². The van der Waals surface area contributed by atoms with Crippen LogP contribution in [0.2, 0.25) is 0 Å². The molecule has 2 atom stereocenters. The third-order valence-electron chi connectivity index (χ3n) is 5.49. The molecule has 0 radical (unpaired) electrons. The molecule has 1 N–H and O–H groups in total. The van der Waals surface area contributed by atoms with Crippen molar-refractivity contribution in [2.75, 3.05) is 13.1 Å². The zero-order valence-electron chi connectivity index (χ0n) is 12.4. The van der Waals surface area contributed by atoms with Crippen molar-refractivity contribution in [3.63, 3.8) is 0 Å².